The first kappa shape index (κ1) is 44.9. The highest BCUT2D eigenvalue weighted by atomic mass is 35.5. The molecule has 0 aromatic heterocycles. The van der Waals surface area contributed by atoms with Gasteiger partial charge in [0.25, 0.3) is 0 Å². The quantitative estimate of drug-likeness (QED) is 0.0901. The van der Waals surface area contributed by atoms with Gasteiger partial charge in [-0.1, -0.05) is 0 Å². The summed E-state index contributed by atoms with van der Waals surface area (Å²) in [4.78, 5) is 85.9. The molecule has 0 spiro atoms. The third-order valence-corrected chi connectivity index (χ3v) is 8.57. The van der Waals surface area contributed by atoms with Gasteiger partial charge in [0.1, 0.15) is 45.6 Å². The minimum absolute atomic E-state index is 0.0393. The Balaban J connectivity index is 0.000000294. The third-order valence-electron chi connectivity index (χ3n) is 8.09. The van der Waals surface area contributed by atoms with Crippen LogP contribution in [0.2, 0.25) is 0 Å². The number of amides is 4. The fourth-order valence-electron chi connectivity index (χ4n) is 4.97. The highest BCUT2D eigenvalue weighted by molar-refractivity contribution is 6.63. The number of hydrogen-bond donors (Lipinski definition) is 4. The maximum atomic E-state index is 12.4. The molecule has 4 amide bonds. The van der Waals surface area contributed by atoms with Crippen LogP contribution in [0.15, 0.2) is 54.6 Å². The number of carbonyl (C=O) groups excluding carboxylic acids is 7. The van der Waals surface area contributed by atoms with Crippen molar-refractivity contribution in [2.24, 2.45) is 0 Å². The number of phenols is 4. The van der Waals surface area contributed by atoms with Gasteiger partial charge in [0, 0.05) is 52.4 Å². The van der Waals surface area contributed by atoms with Gasteiger partial charge in [0.05, 0.1) is 19.8 Å². The van der Waals surface area contributed by atoms with Gasteiger partial charge in [-0.25, -0.2) is 19.2 Å². The Labute approximate surface area is 335 Å². The summed E-state index contributed by atoms with van der Waals surface area (Å²) in [5.74, 6) is -2.48. The highest BCUT2D eigenvalue weighted by Gasteiger charge is 2.27. The summed E-state index contributed by atoms with van der Waals surface area (Å²) in [6, 6.07) is 11.3. The molecule has 0 bridgehead atoms. The maximum Gasteiger partial charge on any atom is 0.415 e. The monoisotopic (exact) mass is 836 g/mol. The first-order valence-electron chi connectivity index (χ1n) is 16.6. The van der Waals surface area contributed by atoms with Gasteiger partial charge in [-0.2, -0.15) is 0 Å². The van der Waals surface area contributed by atoms with E-state index in [9.17, 15) is 43.8 Å². The van der Waals surface area contributed by atoms with Crippen molar-refractivity contribution in [3.05, 3.63) is 71.3 Å². The van der Waals surface area contributed by atoms with Crippen LogP contribution >= 0.6 is 23.2 Å². The topological polar surface area (TPSA) is 250 Å². The number of benzene rings is 3. The summed E-state index contributed by atoms with van der Waals surface area (Å²) in [5, 5.41) is 36.6. The van der Waals surface area contributed by atoms with Crippen molar-refractivity contribution in [3.8, 4) is 34.5 Å². The molecule has 2 aliphatic rings. The van der Waals surface area contributed by atoms with Crippen LogP contribution in [0.3, 0.4) is 0 Å². The van der Waals surface area contributed by atoms with E-state index in [0.29, 0.717) is 26.2 Å². The lowest BCUT2D eigenvalue weighted by Crippen LogP contribution is -2.52. The van der Waals surface area contributed by atoms with Crippen LogP contribution in [0.1, 0.15) is 38.0 Å². The fraction of sp³-hybridized carbons (Fsp3) is 0.306. The van der Waals surface area contributed by atoms with Gasteiger partial charge in [-0.15, -0.1) is 0 Å². The second-order valence-corrected chi connectivity index (χ2v) is 12.4. The Morgan fingerprint density at radius 3 is 1.21 bits per heavy atom. The summed E-state index contributed by atoms with van der Waals surface area (Å²) in [6.45, 7) is 3.81. The molecule has 21 heteroatoms. The summed E-state index contributed by atoms with van der Waals surface area (Å²) >= 11 is 10.5. The number of carbonyl (C=O) groups is 7. The van der Waals surface area contributed by atoms with Crippen LogP contribution in [-0.4, -0.2) is 147 Å². The number of methoxy groups -OCH3 is 2. The van der Waals surface area contributed by atoms with Gasteiger partial charge in [-0.3, -0.25) is 14.4 Å². The van der Waals surface area contributed by atoms with E-state index >= 15 is 0 Å². The molecule has 5 rings (SSSR count). The molecular weight excluding hydrogens is 799 g/mol. The Morgan fingerprint density at radius 1 is 0.509 bits per heavy atom. The Morgan fingerprint density at radius 2 is 0.842 bits per heavy atom. The van der Waals surface area contributed by atoms with Crippen molar-refractivity contribution in [2.45, 2.75) is 6.92 Å². The van der Waals surface area contributed by atoms with E-state index in [-0.39, 0.29) is 83.1 Å². The third kappa shape index (κ3) is 13.1. The highest BCUT2D eigenvalue weighted by Crippen LogP contribution is 2.26. The molecule has 2 saturated heterocycles. The molecule has 0 unspecified atom stereocenters. The van der Waals surface area contributed by atoms with Crippen LogP contribution in [0.25, 0.3) is 0 Å². The first-order valence-corrected chi connectivity index (χ1v) is 17.4. The maximum absolute atomic E-state index is 12.4. The Hall–Kier alpha value is -6.47. The molecule has 0 aliphatic carbocycles. The van der Waals surface area contributed by atoms with Gasteiger partial charge in [0.15, 0.2) is 5.78 Å². The molecule has 3 aromatic carbocycles. The van der Waals surface area contributed by atoms with Crippen LogP contribution in [0.5, 0.6) is 34.5 Å². The molecule has 4 N–H and O–H groups in total. The molecule has 306 valence electrons. The number of aromatic hydroxyl groups is 4. The number of halogens is 2. The lowest BCUT2D eigenvalue weighted by Gasteiger charge is -2.33. The molecule has 2 heterocycles. The van der Waals surface area contributed by atoms with Crippen LogP contribution < -0.4 is 9.47 Å². The van der Waals surface area contributed by atoms with Crippen LogP contribution in [0.4, 0.5) is 19.2 Å². The minimum atomic E-state index is -0.776. The average Bonchev–Trinajstić information content (AvgIpc) is 3.20. The zero-order chi connectivity index (χ0) is 42.4. The largest absolute Gasteiger partial charge is 0.508 e. The SMILES string of the molecule is COC(=O)c1cc(O)ccc1O.COC(=O)c1cc(OC(=O)N2CCN(C(=O)Oc3ccc(O)c(C(C)=O)c3)CC2)ccc1O.O=C(Cl)N1CCN(C(=O)Cl)CC1. The van der Waals surface area contributed by atoms with E-state index in [2.05, 4.69) is 9.47 Å². The van der Waals surface area contributed by atoms with E-state index in [1.165, 1.54) is 82.2 Å². The summed E-state index contributed by atoms with van der Waals surface area (Å²) in [5.41, 5.74) is -0.146. The van der Waals surface area contributed by atoms with Crippen molar-refractivity contribution in [1.29, 1.82) is 0 Å². The molecule has 0 atom stereocenters. The van der Waals surface area contributed by atoms with E-state index in [0.717, 1.165) is 13.2 Å². The molecular formula is C36H38Cl2N4O15. The van der Waals surface area contributed by atoms with Crippen molar-refractivity contribution >= 4 is 63.8 Å². The number of hydrogen-bond acceptors (Lipinski definition) is 15. The van der Waals surface area contributed by atoms with Gasteiger partial charge >= 0.3 is 34.9 Å². The standard InChI is InChI=1S/C22H22N2O9.C8H8O4.C6H8Cl2N2O2/c1-13(25)16-11-14(3-5-18(16)26)32-21(29)23-7-9-24(10-8-23)22(30)33-15-4-6-19(27)17(12-15)20(28)31-2;1-12-8(11)6-4-5(9)2-3-7(6)10;7-5(11)9-1-2-10(4-3-9)6(8)12/h3-6,11-12,26-27H,7-10H2,1-2H3;2-4,9-10H,1H3;1-4H2. The van der Waals surface area contributed by atoms with Crippen LogP contribution in [-0.2, 0) is 9.47 Å². The average molecular weight is 838 g/mol. The number of piperazine rings is 2. The van der Waals surface area contributed by atoms with Crippen molar-refractivity contribution in [3.63, 3.8) is 0 Å². The number of nitrogens with zero attached hydrogens (tertiary/aromatic N) is 4. The molecule has 0 radical (unpaired) electrons. The van der Waals surface area contributed by atoms with Crippen molar-refractivity contribution in [2.75, 3.05) is 66.6 Å². The number of rotatable bonds is 5. The molecule has 3 aromatic rings. The van der Waals surface area contributed by atoms with Gasteiger partial charge < -0.3 is 59.0 Å². The van der Waals surface area contributed by atoms with Crippen molar-refractivity contribution < 1.29 is 72.9 Å². The van der Waals surface area contributed by atoms with E-state index in [1.807, 2.05) is 0 Å². The molecule has 2 fully saturated rings. The van der Waals surface area contributed by atoms with Crippen molar-refractivity contribution in [1.82, 2.24) is 19.6 Å². The normalized spacial score (nSPS) is 13.4. The summed E-state index contributed by atoms with van der Waals surface area (Å²) in [6.07, 6.45) is -1.35. The van der Waals surface area contributed by atoms with Crippen LogP contribution in [0, 0.1) is 0 Å². The molecule has 2 aliphatic heterocycles. The summed E-state index contributed by atoms with van der Waals surface area (Å²) in [7, 11) is 2.36. The van der Waals surface area contributed by atoms with Gasteiger partial charge in [-0.05, 0) is 84.7 Å². The van der Waals surface area contributed by atoms with E-state index in [4.69, 9.17) is 42.9 Å². The molecule has 0 saturated carbocycles. The lowest BCUT2D eigenvalue weighted by atomic mass is 10.1. The molecule has 57 heavy (non-hydrogen) atoms. The Kier molecular flexibility index (Phi) is 16.6. The first-order chi connectivity index (χ1) is 26.9. The molecule has 19 nitrogen and oxygen atoms in total. The number of ether oxygens (including phenoxy) is 4. The zero-order valence-electron chi connectivity index (χ0n) is 30.7. The predicted molar refractivity (Wildman–Crippen MR) is 200 cm³/mol. The fourth-order valence-corrected chi connectivity index (χ4v) is 5.31. The lowest BCUT2D eigenvalue weighted by molar-refractivity contribution is 0.0587. The zero-order valence-corrected chi connectivity index (χ0v) is 32.2. The Bertz CT molecular complexity index is 1960. The summed E-state index contributed by atoms with van der Waals surface area (Å²) < 4.78 is 19.5. The number of phenolic OH excluding ortho intramolecular Hbond substituents is 4. The second kappa shape index (κ2) is 21.0. The number of Topliss-reactive ketones (excluding diaryl/α,β-unsaturated/α-hetero) is 1. The van der Waals surface area contributed by atoms with Gasteiger partial charge in [0.2, 0.25) is 0 Å². The second-order valence-electron chi connectivity index (χ2n) is 11.8. The van der Waals surface area contributed by atoms with E-state index in [1.54, 1.807) is 0 Å². The number of esters is 2. The predicted octanol–water partition coefficient (Wildman–Crippen LogP) is 4.61. The number of ketones is 1. The van der Waals surface area contributed by atoms with E-state index < -0.39 is 34.9 Å². The minimum Gasteiger partial charge on any atom is -0.508 e. The smallest absolute Gasteiger partial charge is 0.415 e.